The molecule has 0 bridgehead atoms. The molecule has 0 aliphatic rings. The van der Waals surface area contributed by atoms with Crippen molar-refractivity contribution in [2.45, 2.75) is 0 Å². The number of hydrogen-bond donors (Lipinski definition) is 0. The molecule has 6 heteroatoms. The van der Waals surface area contributed by atoms with Gasteiger partial charge in [-0.2, -0.15) is 0 Å². The van der Waals surface area contributed by atoms with Crippen LogP contribution in [0.25, 0.3) is 16.7 Å². The third-order valence-electron chi connectivity index (χ3n) is 2.88. The molecule has 5 nitrogen and oxygen atoms in total. The Bertz CT molecular complexity index is 798. The van der Waals surface area contributed by atoms with Gasteiger partial charge in [0.1, 0.15) is 0 Å². The maximum atomic E-state index is 12.0. The zero-order valence-corrected chi connectivity index (χ0v) is 12.2. The molecule has 0 saturated carbocycles. The molecule has 0 amide bonds. The van der Waals surface area contributed by atoms with E-state index in [9.17, 15) is 4.79 Å². The Labute approximate surface area is 123 Å². The van der Waals surface area contributed by atoms with E-state index in [-0.39, 0.29) is 0 Å². The number of benzene rings is 1. The van der Waals surface area contributed by atoms with E-state index in [1.54, 1.807) is 23.0 Å². The quantitative estimate of drug-likeness (QED) is 0.677. The summed E-state index contributed by atoms with van der Waals surface area (Å²) < 4.78 is 7.31. The first kappa shape index (κ1) is 12.8. The number of carbonyl (C=O) groups excluding carboxylic acids is 1. The molecule has 3 aromatic rings. The number of fused-ring (bicyclic) bond motifs is 1. The van der Waals surface area contributed by atoms with E-state index in [0.29, 0.717) is 16.7 Å². The molecular formula is C14H10BrN3O2. The fourth-order valence-electron chi connectivity index (χ4n) is 2.01. The van der Waals surface area contributed by atoms with Crippen molar-refractivity contribution in [3.63, 3.8) is 0 Å². The Morgan fingerprint density at radius 2 is 2.15 bits per heavy atom. The van der Waals surface area contributed by atoms with E-state index in [2.05, 4.69) is 26.0 Å². The number of esters is 1. The first-order valence-corrected chi connectivity index (χ1v) is 6.68. The van der Waals surface area contributed by atoms with Crippen molar-refractivity contribution >= 4 is 32.9 Å². The Hall–Kier alpha value is -2.21. The first-order valence-electron chi connectivity index (χ1n) is 5.88. The van der Waals surface area contributed by atoms with Crippen LogP contribution in [0.5, 0.6) is 0 Å². The molecule has 0 aliphatic carbocycles. The second-order valence-corrected chi connectivity index (χ2v) is 5.02. The maximum Gasteiger partial charge on any atom is 0.357 e. The highest BCUT2D eigenvalue weighted by atomic mass is 79.9. The average Bonchev–Trinajstić information content (AvgIpc) is 2.86. The van der Waals surface area contributed by atoms with Crippen molar-refractivity contribution in [3.8, 4) is 5.69 Å². The lowest BCUT2D eigenvalue weighted by molar-refractivity contribution is 0.0592. The number of methoxy groups -OCH3 is 1. The van der Waals surface area contributed by atoms with Crippen LogP contribution in [-0.4, -0.2) is 27.8 Å². The zero-order valence-electron chi connectivity index (χ0n) is 10.6. The van der Waals surface area contributed by atoms with Crippen molar-refractivity contribution in [3.05, 3.63) is 52.8 Å². The van der Waals surface area contributed by atoms with Gasteiger partial charge in [-0.15, -0.1) is 5.10 Å². The lowest BCUT2D eigenvalue weighted by atomic mass is 10.2. The molecule has 0 fully saturated rings. The van der Waals surface area contributed by atoms with Crippen LogP contribution in [0.2, 0.25) is 0 Å². The van der Waals surface area contributed by atoms with Gasteiger partial charge in [-0.1, -0.05) is 22.0 Å². The molecule has 0 saturated heterocycles. The third kappa shape index (κ3) is 2.08. The topological polar surface area (TPSA) is 57.0 Å². The Balaban J connectivity index is 2.32. The minimum Gasteiger partial charge on any atom is -0.464 e. The summed E-state index contributed by atoms with van der Waals surface area (Å²) in [6.07, 6.45) is 1.64. The Morgan fingerprint density at radius 1 is 1.30 bits per heavy atom. The van der Waals surface area contributed by atoms with E-state index in [1.807, 2.05) is 24.3 Å². The highest BCUT2D eigenvalue weighted by molar-refractivity contribution is 9.10. The monoisotopic (exact) mass is 331 g/mol. The van der Waals surface area contributed by atoms with Crippen molar-refractivity contribution in [1.29, 1.82) is 0 Å². The van der Waals surface area contributed by atoms with E-state index in [4.69, 9.17) is 4.74 Å². The van der Waals surface area contributed by atoms with Gasteiger partial charge in [0.2, 0.25) is 0 Å². The highest BCUT2D eigenvalue weighted by Crippen LogP contribution is 2.22. The highest BCUT2D eigenvalue weighted by Gasteiger charge is 2.20. The molecule has 0 aliphatic heterocycles. The van der Waals surface area contributed by atoms with Gasteiger partial charge in [0.15, 0.2) is 11.3 Å². The normalized spacial score (nSPS) is 10.7. The Morgan fingerprint density at radius 3 is 2.90 bits per heavy atom. The minimum absolute atomic E-state index is 0.369. The number of hydrogen-bond acceptors (Lipinski definition) is 4. The summed E-state index contributed by atoms with van der Waals surface area (Å²) in [7, 11) is 1.35. The van der Waals surface area contributed by atoms with E-state index in [1.165, 1.54) is 7.11 Å². The predicted molar refractivity (Wildman–Crippen MR) is 77.9 cm³/mol. The minimum atomic E-state index is -0.444. The van der Waals surface area contributed by atoms with Gasteiger partial charge in [-0.05, 0) is 30.3 Å². The summed E-state index contributed by atoms with van der Waals surface area (Å²) in [6.45, 7) is 0. The zero-order chi connectivity index (χ0) is 14.1. The van der Waals surface area contributed by atoms with E-state index < -0.39 is 5.97 Å². The molecule has 2 aromatic heterocycles. The van der Waals surface area contributed by atoms with Crippen LogP contribution in [0.15, 0.2) is 47.1 Å². The van der Waals surface area contributed by atoms with Crippen LogP contribution in [0, 0.1) is 0 Å². The standard InChI is InChI=1S/C14H10BrN3O2/c1-20-14(19)12-11-6-3-7-16-13(11)17-18(12)10-5-2-4-9(15)8-10/h2-8H,1H3. The molecule has 0 atom stereocenters. The number of nitrogens with zero attached hydrogens (tertiary/aromatic N) is 3. The number of pyridine rings is 1. The summed E-state index contributed by atoms with van der Waals surface area (Å²) in [5.74, 6) is -0.444. The van der Waals surface area contributed by atoms with E-state index in [0.717, 1.165) is 10.2 Å². The number of ether oxygens (including phenoxy) is 1. The van der Waals surface area contributed by atoms with Crippen molar-refractivity contribution < 1.29 is 9.53 Å². The first-order chi connectivity index (χ1) is 9.70. The van der Waals surface area contributed by atoms with Gasteiger partial charge in [0, 0.05) is 10.7 Å². The summed E-state index contributed by atoms with van der Waals surface area (Å²) in [5, 5.41) is 5.04. The molecule has 0 radical (unpaired) electrons. The summed E-state index contributed by atoms with van der Waals surface area (Å²) >= 11 is 3.41. The van der Waals surface area contributed by atoms with Crippen molar-refractivity contribution in [2.75, 3.05) is 7.11 Å². The van der Waals surface area contributed by atoms with Gasteiger partial charge in [-0.3, -0.25) is 0 Å². The van der Waals surface area contributed by atoms with Crippen molar-refractivity contribution in [1.82, 2.24) is 14.8 Å². The van der Waals surface area contributed by atoms with Gasteiger partial charge in [0.25, 0.3) is 0 Å². The SMILES string of the molecule is COC(=O)c1c2cccnc2nn1-c1cccc(Br)c1. The molecule has 0 unspecified atom stereocenters. The van der Waals surface area contributed by atoms with Crippen LogP contribution in [0.3, 0.4) is 0 Å². The van der Waals surface area contributed by atoms with Crippen LogP contribution in [0.4, 0.5) is 0 Å². The van der Waals surface area contributed by atoms with Crippen LogP contribution >= 0.6 is 15.9 Å². The van der Waals surface area contributed by atoms with Gasteiger partial charge in [0.05, 0.1) is 18.2 Å². The van der Waals surface area contributed by atoms with Crippen LogP contribution < -0.4 is 0 Å². The molecule has 1 aromatic carbocycles. The van der Waals surface area contributed by atoms with E-state index >= 15 is 0 Å². The lowest BCUT2D eigenvalue weighted by Crippen LogP contribution is -2.10. The molecule has 20 heavy (non-hydrogen) atoms. The van der Waals surface area contributed by atoms with Gasteiger partial charge < -0.3 is 4.74 Å². The van der Waals surface area contributed by atoms with Gasteiger partial charge >= 0.3 is 5.97 Å². The second-order valence-electron chi connectivity index (χ2n) is 4.11. The fourth-order valence-corrected chi connectivity index (χ4v) is 2.40. The smallest absolute Gasteiger partial charge is 0.357 e. The maximum absolute atomic E-state index is 12.0. The van der Waals surface area contributed by atoms with Crippen LogP contribution in [0.1, 0.15) is 10.5 Å². The second kappa shape index (κ2) is 5.05. The number of aromatic nitrogens is 3. The average molecular weight is 332 g/mol. The summed E-state index contributed by atoms with van der Waals surface area (Å²) in [5.41, 5.74) is 1.64. The number of halogens is 1. The molecular weight excluding hydrogens is 322 g/mol. The molecule has 2 heterocycles. The summed E-state index contributed by atoms with van der Waals surface area (Å²) in [6, 6.07) is 11.1. The Kier molecular flexibility index (Phi) is 3.23. The lowest BCUT2D eigenvalue weighted by Gasteiger charge is -2.06. The largest absolute Gasteiger partial charge is 0.464 e. The molecule has 100 valence electrons. The third-order valence-corrected chi connectivity index (χ3v) is 3.37. The van der Waals surface area contributed by atoms with Crippen LogP contribution in [-0.2, 0) is 4.74 Å². The number of carbonyl (C=O) groups is 1. The molecule has 3 rings (SSSR count). The van der Waals surface area contributed by atoms with Crippen molar-refractivity contribution in [2.24, 2.45) is 0 Å². The van der Waals surface area contributed by atoms with Gasteiger partial charge in [-0.25, -0.2) is 14.5 Å². The molecule has 0 N–H and O–H groups in total. The molecule has 0 spiro atoms. The number of rotatable bonds is 2. The fraction of sp³-hybridized carbons (Fsp3) is 0.0714. The summed E-state index contributed by atoms with van der Waals surface area (Å²) in [4.78, 5) is 16.2. The predicted octanol–water partition coefficient (Wildman–Crippen LogP) is 2.97.